The molecule has 0 saturated carbocycles. The quantitative estimate of drug-likeness (QED) is 0.685. The second-order valence-corrected chi connectivity index (χ2v) is 4.84. The first-order valence-corrected chi connectivity index (χ1v) is 6.08. The molecule has 0 aliphatic rings. The maximum Gasteiger partial charge on any atom is 0.269 e. The average Bonchev–Trinajstić information content (AvgIpc) is 2.81. The van der Waals surface area contributed by atoms with Crippen molar-refractivity contribution in [3.8, 4) is 0 Å². The first-order chi connectivity index (χ1) is 8.09. The van der Waals surface area contributed by atoms with Crippen LogP contribution < -0.4 is 5.73 Å². The number of nitrogens with zero attached hydrogens (tertiary/aromatic N) is 1. The number of hydrogen-bond acceptors (Lipinski definition) is 4. The van der Waals surface area contributed by atoms with Gasteiger partial charge in [-0.15, -0.1) is 11.3 Å². The van der Waals surface area contributed by atoms with Gasteiger partial charge in [0.15, 0.2) is 0 Å². The van der Waals surface area contributed by atoms with Crippen LogP contribution in [-0.4, -0.2) is 4.92 Å². The fraction of sp³-hybridized carbons (Fsp3) is 0.0909. The molecule has 0 unspecified atom stereocenters. The zero-order chi connectivity index (χ0) is 12.4. The Bertz CT molecular complexity index is 542. The number of nitrogens with two attached hydrogens (primary N) is 1. The van der Waals surface area contributed by atoms with Crippen molar-refractivity contribution in [1.29, 1.82) is 0 Å². The normalized spacial score (nSPS) is 12.4. The van der Waals surface area contributed by atoms with Crippen LogP contribution in [0.3, 0.4) is 0 Å². The van der Waals surface area contributed by atoms with E-state index in [2.05, 4.69) is 0 Å². The molecule has 2 N–H and O–H groups in total. The molecule has 0 bridgehead atoms. The molecule has 17 heavy (non-hydrogen) atoms. The van der Waals surface area contributed by atoms with Gasteiger partial charge in [0.05, 0.1) is 11.0 Å². The summed E-state index contributed by atoms with van der Waals surface area (Å²) in [7, 11) is 0. The van der Waals surface area contributed by atoms with Crippen LogP contribution in [0.25, 0.3) is 0 Å². The standard InChI is InChI=1S/C11H9ClN2O2S/c12-9-4-3-7(14(15)16)6-8(9)11(13)10-2-1-5-17-10/h1-6,11H,13H2/t11-/m0/s1. The monoisotopic (exact) mass is 268 g/mol. The summed E-state index contributed by atoms with van der Waals surface area (Å²) in [6.45, 7) is 0. The summed E-state index contributed by atoms with van der Waals surface area (Å²) in [6.07, 6.45) is 0. The summed E-state index contributed by atoms with van der Waals surface area (Å²) < 4.78 is 0. The largest absolute Gasteiger partial charge is 0.320 e. The van der Waals surface area contributed by atoms with E-state index in [4.69, 9.17) is 17.3 Å². The van der Waals surface area contributed by atoms with Crippen LogP contribution in [0, 0.1) is 10.1 Å². The molecule has 2 aromatic rings. The number of halogens is 1. The Morgan fingerprint density at radius 2 is 2.18 bits per heavy atom. The number of hydrogen-bond donors (Lipinski definition) is 1. The third-order valence-corrected chi connectivity index (χ3v) is 3.67. The molecule has 4 nitrogen and oxygen atoms in total. The van der Waals surface area contributed by atoms with Gasteiger partial charge in [-0.1, -0.05) is 17.7 Å². The van der Waals surface area contributed by atoms with Crippen molar-refractivity contribution in [2.45, 2.75) is 6.04 Å². The number of benzene rings is 1. The highest BCUT2D eigenvalue weighted by Gasteiger charge is 2.17. The molecule has 1 heterocycles. The molecular weight excluding hydrogens is 260 g/mol. The topological polar surface area (TPSA) is 69.2 Å². The van der Waals surface area contributed by atoms with Crippen molar-refractivity contribution >= 4 is 28.6 Å². The third-order valence-electron chi connectivity index (χ3n) is 2.38. The minimum atomic E-state index is -0.457. The SMILES string of the molecule is N[C@H](c1cccs1)c1cc([N+](=O)[O-])ccc1Cl. The van der Waals surface area contributed by atoms with Crippen molar-refractivity contribution in [1.82, 2.24) is 0 Å². The second kappa shape index (κ2) is 4.83. The lowest BCUT2D eigenvalue weighted by atomic mass is 10.1. The maximum absolute atomic E-state index is 10.7. The van der Waals surface area contributed by atoms with Crippen LogP contribution in [0.5, 0.6) is 0 Å². The molecule has 1 aromatic carbocycles. The Kier molecular flexibility index (Phi) is 3.42. The van der Waals surface area contributed by atoms with E-state index >= 15 is 0 Å². The molecule has 0 aliphatic carbocycles. The van der Waals surface area contributed by atoms with Gasteiger partial charge in [0, 0.05) is 22.0 Å². The van der Waals surface area contributed by atoms with Gasteiger partial charge < -0.3 is 5.73 Å². The van der Waals surface area contributed by atoms with E-state index in [1.807, 2.05) is 17.5 Å². The van der Waals surface area contributed by atoms with Gasteiger partial charge in [0.2, 0.25) is 0 Å². The van der Waals surface area contributed by atoms with Crippen molar-refractivity contribution in [2.75, 3.05) is 0 Å². The fourth-order valence-electron chi connectivity index (χ4n) is 1.50. The van der Waals surface area contributed by atoms with Crippen molar-refractivity contribution in [3.05, 3.63) is 61.3 Å². The summed E-state index contributed by atoms with van der Waals surface area (Å²) in [4.78, 5) is 11.2. The molecule has 2 rings (SSSR count). The van der Waals surface area contributed by atoms with Gasteiger partial charge in [0.25, 0.3) is 5.69 Å². The van der Waals surface area contributed by atoms with Gasteiger partial charge in [0.1, 0.15) is 0 Å². The molecule has 0 aliphatic heterocycles. The Balaban J connectivity index is 2.44. The molecule has 0 amide bonds. The first-order valence-electron chi connectivity index (χ1n) is 4.82. The van der Waals surface area contributed by atoms with E-state index < -0.39 is 11.0 Å². The highest BCUT2D eigenvalue weighted by Crippen LogP contribution is 2.31. The first kappa shape index (κ1) is 12.0. The summed E-state index contributed by atoms with van der Waals surface area (Å²) >= 11 is 7.51. The molecule has 0 spiro atoms. The lowest BCUT2D eigenvalue weighted by Crippen LogP contribution is -2.11. The lowest BCUT2D eigenvalue weighted by Gasteiger charge is -2.11. The van der Waals surface area contributed by atoms with E-state index in [9.17, 15) is 10.1 Å². The average molecular weight is 269 g/mol. The maximum atomic E-state index is 10.7. The van der Waals surface area contributed by atoms with Crippen LogP contribution in [0.1, 0.15) is 16.5 Å². The van der Waals surface area contributed by atoms with Gasteiger partial charge in [-0.3, -0.25) is 10.1 Å². The number of non-ortho nitro benzene ring substituents is 1. The van der Waals surface area contributed by atoms with Crippen LogP contribution >= 0.6 is 22.9 Å². The minimum Gasteiger partial charge on any atom is -0.320 e. The Morgan fingerprint density at radius 3 is 2.76 bits per heavy atom. The van der Waals surface area contributed by atoms with E-state index in [1.165, 1.54) is 29.5 Å². The summed E-state index contributed by atoms with van der Waals surface area (Å²) in [6, 6.07) is 7.63. The highest BCUT2D eigenvalue weighted by molar-refractivity contribution is 7.10. The Morgan fingerprint density at radius 1 is 1.41 bits per heavy atom. The molecule has 0 fully saturated rings. The van der Waals surface area contributed by atoms with Crippen molar-refractivity contribution in [2.24, 2.45) is 5.73 Å². The molecule has 6 heteroatoms. The predicted octanol–water partition coefficient (Wildman–Crippen LogP) is 3.36. The molecule has 1 aromatic heterocycles. The Labute approximate surface area is 107 Å². The van der Waals surface area contributed by atoms with Crippen LogP contribution in [0.2, 0.25) is 5.02 Å². The molecule has 1 atom stereocenters. The summed E-state index contributed by atoms with van der Waals surface area (Å²) in [5.74, 6) is 0. The lowest BCUT2D eigenvalue weighted by molar-refractivity contribution is -0.384. The van der Waals surface area contributed by atoms with E-state index in [0.29, 0.717) is 10.6 Å². The smallest absolute Gasteiger partial charge is 0.269 e. The molecule has 88 valence electrons. The van der Waals surface area contributed by atoms with Crippen molar-refractivity contribution < 1.29 is 4.92 Å². The fourth-order valence-corrected chi connectivity index (χ4v) is 2.48. The predicted molar refractivity (Wildman–Crippen MR) is 68.5 cm³/mol. The molecule has 0 saturated heterocycles. The van der Waals surface area contributed by atoms with Crippen molar-refractivity contribution in [3.63, 3.8) is 0 Å². The second-order valence-electron chi connectivity index (χ2n) is 3.46. The number of nitro benzene ring substituents is 1. The van der Waals surface area contributed by atoms with Crippen LogP contribution in [0.15, 0.2) is 35.7 Å². The van der Waals surface area contributed by atoms with E-state index in [-0.39, 0.29) is 5.69 Å². The van der Waals surface area contributed by atoms with E-state index in [0.717, 1.165) is 4.88 Å². The van der Waals surface area contributed by atoms with E-state index in [1.54, 1.807) is 0 Å². The third kappa shape index (κ3) is 2.46. The molecule has 0 radical (unpaired) electrons. The van der Waals surface area contributed by atoms with Gasteiger partial charge in [-0.2, -0.15) is 0 Å². The number of rotatable bonds is 3. The van der Waals surface area contributed by atoms with Gasteiger partial charge >= 0.3 is 0 Å². The summed E-state index contributed by atoms with van der Waals surface area (Å²) in [5, 5.41) is 13.0. The Hall–Kier alpha value is -1.43. The molecular formula is C11H9ClN2O2S. The zero-order valence-electron chi connectivity index (χ0n) is 8.67. The van der Waals surface area contributed by atoms with Crippen LogP contribution in [-0.2, 0) is 0 Å². The highest BCUT2D eigenvalue weighted by atomic mass is 35.5. The minimum absolute atomic E-state index is 0.00333. The van der Waals surface area contributed by atoms with Gasteiger partial charge in [-0.25, -0.2) is 0 Å². The summed E-state index contributed by atoms with van der Waals surface area (Å²) in [5.41, 5.74) is 6.60. The zero-order valence-corrected chi connectivity index (χ0v) is 10.2. The number of thiophene rings is 1. The van der Waals surface area contributed by atoms with Gasteiger partial charge in [-0.05, 0) is 23.1 Å². The van der Waals surface area contributed by atoms with Crippen LogP contribution in [0.4, 0.5) is 5.69 Å². The number of nitro groups is 1.